The Bertz CT molecular complexity index is 553. The molecule has 0 N–H and O–H groups in total. The van der Waals surface area contributed by atoms with Gasteiger partial charge in [-0.2, -0.15) is 0 Å². The van der Waals surface area contributed by atoms with E-state index in [0.717, 1.165) is 18.4 Å². The average molecular weight is 292 g/mol. The van der Waals surface area contributed by atoms with E-state index in [2.05, 4.69) is 0 Å². The van der Waals surface area contributed by atoms with Crippen LogP contribution in [0.15, 0.2) is 18.2 Å². The molecule has 1 aromatic carbocycles. The average Bonchev–Trinajstić information content (AvgIpc) is 2.45. The van der Waals surface area contributed by atoms with Gasteiger partial charge in [0.25, 0.3) is 0 Å². The smallest absolute Gasteiger partial charge is 0.319 e. The third-order valence-electron chi connectivity index (χ3n) is 4.26. The first-order valence-corrected chi connectivity index (χ1v) is 7.45. The summed E-state index contributed by atoms with van der Waals surface area (Å²) in [5.74, 6) is -0.882. The lowest BCUT2D eigenvalue weighted by molar-refractivity contribution is -0.162. The summed E-state index contributed by atoms with van der Waals surface area (Å²) >= 11 is 0. The van der Waals surface area contributed by atoms with E-state index in [1.54, 1.807) is 13.0 Å². The molecule has 0 bridgehead atoms. The minimum absolute atomic E-state index is 0.0733. The zero-order chi connectivity index (χ0) is 15.5. The number of hydrogen-bond acceptors (Lipinski definition) is 3. The molecule has 0 saturated heterocycles. The Balaban J connectivity index is 2.38. The SMILES string of the molecule is CCOC(=O)C1(Cc2cc(F)ccc2C)CCCCC1=O. The molecule has 1 aliphatic carbocycles. The van der Waals surface area contributed by atoms with Crippen molar-refractivity contribution in [3.63, 3.8) is 0 Å². The van der Waals surface area contributed by atoms with E-state index in [1.165, 1.54) is 12.1 Å². The highest BCUT2D eigenvalue weighted by Crippen LogP contribution is 2.38. The molecule has 0 radical (unpaired) electrons. The van der Waals surface area contributed by atoms with E-state index in [-0.39, 0.29) is 24.6 Å². The number of Topliss-reactive ketones (excluding diaryl/α,β-unsaturated/α-hetero) is 1. The van der Waals surface area contributed by atoms with Crippen LogP contribution in [0.3, 0.4) is 0 Å². The van der Waals surface area contributed by atoms with Crippen LogP contribution in [0.25, 0.3) is 0 Å². The van der Waals surface area contributed by atoms with Crippen molar-refractivity contribution in [2.75, 3.05) is 6.61 Å². The van der Waals surface area contributed by atoms with E-state index >= 15 is 0 Å². The number of rotatable bonds is 4. The Hall–Kier alpha value is -1.71. The van der Waals surface area contributed by atoms with Gasteiger partial charge in [0.2, 0.25) is 0 Å². The molecule has 1 saturated carbocycles. The Morgan fingerprint density at radius 2 is 2.14 bits per heavy atom. The number of aryl methyl sites for hydroxylation is 1. The van der Waals surface area contributed by atoms with Gasteiger partial charge in [0.05, 0.1) is 6.61 Å². The minimum atomic E-state index is -1.13. The zero-order valence-corrected chi connectivity index (χ0v) is 12.6. The van der Waals surface area contributed by atoms with E-state index < -0.39 is 11.4 Å². The number of ketones is 1. The fourth-order valence-corrected chi connectivity index (χ4v) is 2.99. The van der Waals surface area contributed by atoms with Crippen molar-refractivity contribution in [3.8, 4) is 0 Å². The van der Waals surface area contributed by atoms with Crippen LogP contribution in [0, 0.1) is 18.2 Å². The Morgan fingerprint density at radius 1 is 1.38 bits per heavy atom. The van der Waals surface area contributed by atoms with Gasteiger partial charge in [-0.25, -0.2) is 4.39 Å². The molecule has 1 fully saturated rings. The quantitative estimate of drug-likeness (QED) is 0.631. The first-order chi connectivity index (χ1) is 9.99. The molecule has 1 unspecified atom stereocenters. The summed E-state index contributed by atoms with van der Waals surface area (Å²) in [6, 6.07) is 4.48. The van der Waals surface area contributed by atoms with Crippen LogP contribution < -0.4 is 0 Å². The molecular weight excluding hydrogens is 271 g/mol. The van der Waals surface area contributed by atoms with Crippen molar-refractivity contribution in [1.82, 2.24) is 0 Å². The molecule has 0 amide bonds. The topological polar surface area (TPSA) is 43.4 Å². The van der Waals surface area contributed by atoms with E-state index in [4.69, 9.17) is 4.74 Å². The highest BCUT2D eigenvalue weighted by molar-refractivity contribution is 6.04. The standard InChI is InChI=1S/C17H21FO3/c1-3-21-16(20)17(9-5-4-6-15(17)19)11-13-10-14(18)8-7-12(13)2/h7-8,10H,3-6,9,11H2,1-2H3. The van der Waals surface area contributed by atoms with Crippen molar-refractivity contribution in [1.29, 1.82) is 0 Å². The summed E-state index contributed by atoms with van der Waals surface area (Å²) in [6.45, 7) is 3.84. The maximum Gasteiger partial charge on any atom is 0.319 e. The number of hydrogen-bond donors (Lipinski definition) is 0. The number of benzene rings is 1. The van der Waals surface area contributed by atoms with Gasteiger partial charge in [-0.3, -0.25) is 9.59 Å². The Morgan fingerprint density at radius 3 is 2.81 bits per heavy atom. The molecule has 21 heavy (non-hydrogen) atoms. The van der Waals surface area contributed by atoms with Crippen molar-refractivity contribution in [2.45, 2.75) is 46.0 Å². The molecule has 0 aromatic heterocycles. The van der Waals surface area contributed by atoms with Crippen molar-refractivity contribution in [3.05, 3.63) is 35.1 Å². The van der Waals surface area contributed by atoms with Gasteiger partial charge in [-0.1, -0.05) is 12.5 Å². The highest BCUT2D eigenvalue weighted by atomic mass is 19.1. The second-order valence-corrected chi connectivity index (χ2v) is 5.68. The zero-order valence-electron chi connectivity index (χ0n) is 12.6. The normalized spacial score (nSPS) is 22.1. The molecule has 0 aliphatic heterocycles. The lowest BCUT2D eigenvalue weighted by Crippen LogP contribution is -2.44. The van der Waals surface area contributed by atoms with Gasteiger partial charge in [0.1, 0.15) is 11.2 Å². The van der Waals surface area contributed by atoms with Gasteiger partial charge in [0.15, 0.2) is 5.78 Å². The summed E-state index contributed by atoms with van der Waals surface area (Å²) in [5.41, 5.74) is 0.462. The molecule has 114 valence electrons. The van der Waals surface area contributed by atoms with Crippen LogP contribution in [-0.2, 0) is 20.7 Å². The van der Waals surface area contributed by atoms with Crippen molar-refractivity contribution < 1.29 is 18.7 Å². The maximum absolute atomic E-state index is 13.5. The van der Waals surface area contributed by atoms with Crippen LogP contribution in [0.1, 0.15) is 43.7 Å². The van der Waals surface area contributed by atoms with Crippen LogP contribution in [0.4, 0.5) is 4.39 Å². The number of ether oxygens (including phenoxy) is 1. The molecule has 0 spiro atoms. The van der Waals surface area contributed by atoms with Crippen LogP contribution in [0.5, 0.6) is 0 Å². The molecule has 4 heteroatoms. The first-order valence-electron chi connectivity index (χ1n) is 7.45. The summed E-state index contributed by atoms with van der Waals surface area (Å²) in [6.07, 6.45) is 2.74. The second kappa shape index (κ2) is 6.37. The van der Waals surface area contributed by atoms with Gasteiger partial charge >= 0.3 is 5.97 Å². The van der Waals surface area contributed by atoms with Crippen molar-refractivity contribution >= 4 is 11.8 Å². The number of carbonyl (C=O) groups is 2. The lowest BCUT2D eigenvalue weighted by atomic mass is 9.69. The van der Waals surface area contributed by atoms with Crippen LogP contribution in [0.2, 0.25) is 0 Å². The summed E-state index contributed by atoms with van der Waals surface area (Å²) in [7, 11) is 0. The highest BCUT2D eigenvalue weighted by Gasteiger charge is 2.48. The third kappa shape index (κ3) is 3.14. The molecule has 3 nitrogen and oxygen atoms in total. The van der Waals surface area contributed by atoms with Gasteiger partial charge in [0, 0.05) is 6.42 Å². The molecule has 2 rings (SSSR count). The third-order valence-corrected chi connectivity index (χ3v) is 4.26. The van der Waals surface area contributed by atoms with E-state index in [9.17, 15) is 14.0 Å². The largest absolute Gasteiger partial charge is 0.465 e. The summed E-state index contributed by atoms with van der Waals surface area (Å²) in [4.78, 5) is 24.8. The molecular formula is C17H21FO3. The molecule has 1 aromatic rings. The molecule has 1 aliphatic rings. The van der Waals surface area contributed by atoms with Crippen molar-refractivity contribution in [2.24, 2.45) is 5.41 Å². The summed E-state index contributed by atoms with van der Waals surface area (Å²) < 4.78 is 18.6. The summed E-state index contributed by atoms with van der Waals surface area (Å²) in [5, 5.41) is 0. The number of halogens is 1. The number of carbonyl (C=O) groups excluding carboxylic acids is 2. The van der Waals surface area contributed by atoms with Gasteiger partial charge in [-0.15, -0.1) is 0 Å². The molecule has 0 heterocycles. The minimum Gasteiger partial charge on any atom is -0.465 e. The van der Waals surface area contributed by atoms with E-state index in [0.29, 0.717) is 18.4 Å². The fourth-order valence-electron chi connectivity index (χ4n) is 2.99. The molecule has 1 atom stereocenters. The van der Waals surface area contributed by atoms with E-state index in [1.807, 2.05) is 6.92 Å². The fraction of sp³-hybridized carbons (Fsp3) is 0.529. The second-order valence-electron chi connectivity index (χ2n) is 5.68. The Labute approximate surface area is 124 Å². The van der Waals surface area contributed by atoms with Gasteiger partial charge < -0.3 is 4.74 Å². The maximum atomic E-state index is 13.5. The Kier molecular flexibility index (Phi) is 4.76. The van der Waals surface area contributed by atoms with Crippen LogP contribution in [-0.4, -0.2) is 18.4 Å². The van der Waals surface area contributed by atoms with Gasteiger partial charge in [-0.05, 0) is 56.4 Å². The monoisotopic (exact) mass is 292 g/mol. The predicted octanol–water partition coefficient (Wildman–Crippen LogP) is 3.37. The first kappa shape index (κ1) is 15.7. The van der Waals surface area contributed by atoms with Crippen LogP contribution >= 0.6 is 0 Å². The predicted molar refractivity (Wildman–Crippen MR) is 77.4 cm³/mol. The number of esters is 1. The lowest BCUT2D eigenvalue weighted by Gasteiger charge is -2.33.